The Bertz CT molecular complexity index is 320. The highest BCUT2D eigenvalue weighted by Crippen LogP contribution is 2.23. The van der Waals surface area contributed by atoms with Gasteiger partial charge in [0.1, 0.15) is 5.15 Å². The van der Waals surface area contributed by atoms with E-state index < -0.39 is 0 Å². The van der Waals surface area contributed by atoms with E-state index in [1.807, 2.05) is 11.8 Å². The third kappa shape index (κ3) is 4.60. The SMILES string of the molecule is CC(CN)CSCc1cnc(Cl)cc1Cl. The van der Waals surface area contributed by atoms with Crippen molar-refractivity contribution in [3.05, 3.63) is 28.0 Å². The fourth-order valence-electron chi connectivity index (χ4n) is 0.980. The van der Waals surface area contributed by atoms with E-state index in [-0.39, 0.29) is 0 Å². The van der Waals surface area contributed by atoms with Gasteiger partial charge in [0.15, 0.2) is 0 Å². The van der Waals surface area contributed by atoms with Crippen molar-refractivity contribution in [1.82, 2.24) is 4.98 Å². The van der Waals surface area contributed by atoms with Crippen molar-refractivity contribution in [1.29, 1.82) is 0 Å². The Morgan fingerprint density at radius 3 is 2.87 bits per heavy atom. The number of pyridine rings is 1. The number of nitrogens with two attached hydrogens (primary N) is 1. The van der Waals surface area contributed by atoms with E-state index >= 15 is 0 Å². The summed E-state index contributed by atoms with van der Waals surface area (Å²) in [5, 5.41) is 1.12. The van der Waals surface area contributed by atoms with Gasteiger partial charge in [0.05, 0.1) is 0 Å². The monoisotopic (exact) mass is 264 g/mol. The lowest BCUT2D eigenvalue weighted by atomic mass is 10.2. The number of halogens is 2. The molecule has 0 spiro atoms. The van der Waals surface area contributed by atoms with Crippen LogP contribution in [0.2, 0.25) is 10.2 Å². The Kier molecular flexibility index (Phi) is 5.75. The molecule has 2 N–H and O–H groups in total. The summed E-state index contributed by atoms with van der Waals surface area (Å²) >= 11 is 13.5. The van der Waals surface area contributed by atoms with Gasteiger partial charge in [-0.15, -0.1) is 0 Å². The summed E-state index contributed by atoms with van der Waals surface area (Å²) in [6, 6.07) is 1.67. The van der Waals surface area contributed by atoms with Gasteiger partial charge in [-0.25, -0.2) is 4.98 Å². The van der Waals surface area contributed by atoms with Crippen molar-refractivity contribution in [2.24, 2.45) is 11.7 Å². The Morgan fingerprint density at radius 1 is 1.53 bits per heavy atom. The van der Waals surface area contributed by atoms with Gasteiger partial charge in [-0.2, -0.15) is 11.8 Å². The van der Waals surface area contributed by atoms with Gasteiger partial charge >= 0.3 is 0 Å². The van der Waals surface area contributed by atoms with Crippen molar-refractivity contribution < 1.29 is 0 Å². The fraction of sp³-hybridized carbons (Fsp3) is 0.500. The van der Waals surface area contributed by atoms with Crippen LogP contribution in [0.25, 0.3) is 0 Å². The quantitative estimate of drug-likeness (QED) is 0.831. The van der Waals surface area contributed by atoms with Crippen LogP contribution in [0.1, 0.15) is 12.5 Å². The minimum atomic E-state index is 0.434. The molecular weight excluding hydrogens is 251 g/mol. The molecule has 1 aromatic rings. The number of rotatable bonds is 5. The Morgan fingerprint density at radius 2 is 2.27 bits per heavy atom. The second-order valence-corrected chi connectivity index (χ2v) is 5.28. The van der Waals surface area contributed by atoms with E-state index in [1.54, 1.807) is 12.3 Å². The summed E-state index contributed by atoms with van der Waals surface area (Å²) in [7, 11) is 0. The van der Waals surface area contributed by atoms with Crippen molar-refractivity contribution in [3.8, 4) is 0 Å². The van der Waals surface area contributed by atoms with Gasteiger partial charge < -0.3 is 5.73 Å². The van der Waals surface area contributed by atoms with Crippen molar-refractivity contribution >= 4 is 35.0 Å². The molecule has 0 radical (unpaired) electrons. The predicted molar refractivity (Wildman–Crippen MR) is 68.6 cm³/mol. The van der Waals surface area contributed by atoms with E-state index in [1.165, 1.54) is 0 Å². The lowest BCUT2D eigenvalue weighted by molar-refractivity contribution is 0.675. The van der Waals surface area contributed by atoms with E-state index in [0.717, 1.165) is 23.6 Å². The molecule has 1 atom stereocenters. The summed E-state index contributed by atoms with van der Waals surface area (Å²) in [5.74, 6) is 2.43. The Hall–Kier alpha value is 0.0400. The summed E-state index contributed by atoms with van der Waals surface area (Å²) in [4.78, 5) is 4.00. The highest BCUT2D eigenvalue weighted by molar-refractivity contribution is 7.98. The van der Waals surface area contributed by atoms with Crippen LogP contribution in [0, 0.1) is 5.92 Å². The molecule has 0 aliphatic rings. The molecule has 0 amide bonds. The standard InChI is InChI=1S/C10H14Cl2N2S/c1-7(3-13)5-15-6-8-4-14-10(12)2-9(8)11/h2,4,7H,3,5-6,13H2,1H3. The molecule has 0 saturated carbocycles. The highest BCUT2D eigenvalue weighted by atomic mass is 35.5. The first-order valence-corrected chi connectivity index (χ1v) is 6.62. The van der Waals surface area contributed by atoms with Crippen molar-refractivity contribution in [2.75, 3.05) is 12.3 Å². The number of hydrogen-bond donors (Lipinski definition) is 1. The topological polar surface area (TPSA) is 38.9 Å². The molecule has 1 aromatic heterocycles. The maximum atomic E-state index is 6.02. The molecule has 2 nitrogen and oxygen atoms in total. The fourth-order valence-corrected chi connectivity index (χ4v) is 2.60. The van der Waals surface area contributed by atoms with Crippen LogP contribution >= 0.6 is 35.0 Å². The normalized spacial score (nSPS) is 12.8. The van der Waals surface area contributed by atoms with Crippen LogP contribution < -0.4 is 5.73 Å². The molecule has 1 heterocycles. The van der Waals surface area contributed by atoms with Gasteiger partial charge in [0, 0.05) is 17.0 Å². The van der Waals surface area contributed by atoms with Gasteiger partial charge in [-0.1, -0.05) is 30.1 Å². The molecule has 0 bridgehead atoms. The highest BCUT2D eigenvalue weighted by Gasteiger charge is 2.04. The minimum Gasteiger partial charge on any atom is -0.330 e. The van der Waals surface area contributed by atoms with Crippen LogP contribution in [0.3, 0.4) is 0 Å². The largest absolute Gasteiger partial charge is 0.330 e. The van der Waals surface area contributed by atoms with Crippen LogP contribution in [-0.4, -0.2) is 17.3 Å². The van der Waals surface area contributed by atoms with E-state index in [0.29, 0.717) is 16.1 Å². The van der Waals surface area contributed by atoms with Gasteiger partial charge in [0.2, 0.25) is 0 Å². The molecular formula is C10H14Cl2N2S. The van der Waals surface area contributed by atoms with Crippen molar-refractivity contribution in [3.63, 3.8) is 0 Å². The first kappa shape index (κ1) is 13.1. The average Bonchev–Trinajstić information content (AvgIpc) is 2.21. The van der Waals surface area contributed by atoms with E-state index in [4.69, 9.17) is 28.9 Å². The third-order valence-electron chi connectivity index (χ3n) is 1.96. The molecule has 0 aromatic carbocycles. The van der Waals surface area contributed by atoms with Crippen LogP contribution in [0.15, 0.2) is 12.3 Å². The molecule has 1 rings (SSSR count). The zero-order valence-electron chi connectivity index (χ0n) is 8.54. The molecule has 0 saturated heterocycles. The second kappa shape index (κ2) is 6.59. The van der Waals surface area contributed by atoms with Gasteiger partial charge in [-0.3, -0.25) is 0 Å². The van der Waals surface area contributed by atoms with Crippen LogP contribution in [-0.2, 0) is 5.75 Å². The Labute approximate surface area is 105 Å². The molecule has 84 valence electrons. The van der Waals surface area contributed by atoms with Gasteiger partial charge in [-0.05, 0) is 29.8 Å². The number of aromatic nitrogens is 1. The zero-order chi connectivity index (χ0) is 11.3. The second-order valence-electron chi connectivity index (χ2n) is 3.45. The molecule has 15 heavy (non-hydrogen) atoms. The average molecular weight is 265 g/mol. The van der Waals surface area contributed by atoms with E-state index in [2.05, 4.69) is 11.9 Å². The first-order chi connectivity index (χ1) is 7.13. The number of hydrogen-bond acceptors (Lipinski definition) is 3. The lowest BCUT2D eigenvalue weighted by Crippen LogP contribution is -2.12. The lowest BCUT2D eigenvalue weighted by Gasteiger charge is -2.08. The zero-order valence-corrected chi connectivity index (χ0v) is 10.9. The van der Waals surface area contributed by atoms with Gasteiger partial charge in [0.25, 0.3) is 0 Å². The molecule has 0 aliphatic carbocycles. The summed E-state index contributed by atoms with van der Waals surface area (Å²) in [6.07, 6.45) is 1.73. The smallest absolute Gasteiger partial charge is 0.130 e. The van der Waals surface area contributed by atoms with Crippen LogP contribution in [0.5, 0.6) is 0 Å². The maximum absolute atomic E-state index is 6.02. The van der Waals surface area contributed by atoms with E-state index in [9.17, 15) is 0 Å². The first-order valence-electron chi connectivity index (χ1n) is 4.71. The Balaban J connectivity index is 2.44. The summed E-state index contributed by atoms with van der Waals surface area (Å²) in [5.41, 5.74) is 6.56. The molecule has 1 unspecified atom stereocenters. The predicted octanol–water partition coefficient (Wildman–Crippen LogP) is 3.22. The number of nitrogens with zero attached hydrogens (tertiary/aromatic N) is 1. The minimum absolute atomic E-state index is 0.434. The maximum Gasteiger partial charge on any atom is 0.130 e. The third-order valence-corrected chi connectivity index (χ3v) is 3.84. The van der Waals surface area contributed by atoms with Crippen molar-refractivity contribution in [2.45, 2.75) is 12.7 Å². The van der Waals surface area contributed by atoms with Crippen LogP contribution in [0.4, 0.5) is 0 Å². The molecule has 0 fully saturated rings. The number of thioether (sulfide) groups is 1. The molecule has 5 heteroatoms. The summed E-state index contributed by atoms with van der Waals surface area (Å²) < 4.78 is 0. The summed E-state index contributed by atoms with van der Waals surface area (Å²) in [6.45, 7) is 2.86. The molecule has 0 aliphatic heterocycles.